The molecule has 17 heavy (non-hydrogen) atoms. The Labute approximate surface area is 101 Å². The molecule has 1 saturated heterocycles. The van der Waals surface area contributed by atoms with Crippen molar-refractivity contribution in [3.05, 3.63) is 66.3 Å². The summed E-state index contributed by atoms with van der Waals surface area (Å²) in [4.78, 5) is 11.2. The highest BCUT2D eigenvalue weighted by atomic mass is 16.6. The predicted molar refractivity (Wildman–Crippen MR) is 68.5 cm³/mol. The van der Waals surface area contributed by atoms with Gasteiger partial charge in [-0.2, -0.15) is 0 Å². The molecule has 0 radical (unpaired) electrons. The monoisotopic (exact) mass is 226 g/mol. The maximum Gasteiger partial charge on any atom is 0.186 e. The fourth-order valence-electron chi connectivity index (χ4n) is 1.33. The minimum absolute atomic E-state index is 0.0432. The first-order chi connectivity index (χ1) is 8.36. The second-order valence-corrected chi connectivity index (χ2v) is 3.74. The van der Waals surface area contributed by atoms with Gasteiger partial charge in [-0.3, -0.25) is 4.79 Å². The number of hydrogen-bond donors (Lipinski definition) is 0. The standard InChI is InChI=1S/C15H14O2/c16-14(15-12-17-15)11-7-2-1-4-8-13-9-5-3-6-10-13/h1-11,15H,12H2. The van der Waals surface area contributed by atoms with E-state index >= 15 is 0 Å². The van der Waals surface area contributed by atoms with Crippen LogP contribution >= 0.6 is 0 Å². The lowest BCUT2D eigenvalue weighted by molar-refractivity contribution is -0.115. The van der Waals surface area contributed by atoms with Crippen molar-refractivity contribution < 1.29 is 9.53 Å². The van der Waals surface area contributed by atoms with Crippen molar-refractivity contribution in [2.75, 3.05) is 6.61 Å². The smallest absolute Gasteiger partial charge is 0.186 e. The Kier molecular flexibility index (Phi) is 4.05. The summed E-state index contributed by atoms with van der Waals surface area (Å²) < 4.78 is 4.87. The molecule has 1 fully saturated rings. The summed E-state index contributed by atoms with van der Waals surface area (Å²) in [5.74, 6) is 0.0432. The van der Waals surface area contributed by atoms with E-state index < -0.39 is 0 Å². The number of benzene rings is 1. The molecule has 0 aromatic heterocycles. The zero-order valence-corrected chi connectivity index (χ0v) is 9.45. The van der Waals surface area contributed by atoms with E-state index in [1.807, 2.05) is 54.6 Å². The molecule has 1 aliphatic rings. The average molecular weight is 226 g/mol. The van der Waals surface area contributed by atoms with Gasteiger partial charge in [0, 0.05) is 0 Å². The first-order valence-electron chi connectivity index (χ1n) is 5.58. The van der Waals surface area contributed by atoms with Crippen molar-refractivity contribution in [1.82, 2.24) is 0 Å². The normalized spacial score (nSPS) is 19.4. The second-order valence-electron chi connectivity index (χ2n) is 3.74. The van der Waals surface area contributed by atoms with E-state index in [9.17, 15) is 4.79 Å². The number of epoxide rings is 1. The number of ether oxygens (including phenoxy) is 1. The number of carbonyl (C=O) groups is 1. The summed E-state index contributed by atoms with van der Waals surface area (Å²) in [6, 6.07) is 10.1. The van der Waals surface area contributed by atoms with Gasteiger partial charge in [-0.1, -0.05) is 60.7 Å². The van der Waals surface area contributed by atoms with E-state index in [1.54, 1.807) is 12.2 Å². The van der Waals surface area contributed by atoms with Crippen molar-refractivity contribution in [2.24, 2.45) is 0 Å². The number of hydrogen-bond acceptors (Lipinski definition) is 2. The van der Waals surface area contributed by atoms with E-state index in [1.165, 1.54) is 0 Å². The Morgan fingerprint density at radius 3 is 2.53 bits per heavy atom. The summed E-state index contributed by atoms with van der Waals surface area (Å²) in [6.07, 6.45) is 10.8. The SMILES string of the molecule is O=C(C=CC=CC=Cc1ccccc1)C1CO1. The molecule has 0 aliphatic carbocycles. The minimum Gasteiger partial charge on any atom is -0.364 e. The van der Waals surface area contributed by atoms with Crippen LogP contribution in [0.5, 0.6) is 0 Å². The van der Waals surface area contributed by atoms with E-state index in [4.69, 9.17) is 4.74 Å². The van der Waals surface area contributed by atoms with Gasteiger partial charge in [-0.25, -0.2) is 0 Å². The number of rotatable bonds is 5. The third-order valence-electron chi connectivity index (χ3n) is 2.33. The molecule has 1 atom stereocenters. The molecule has 2 rings (SSSR count). The Hall–Kier alpha value is -1.93. The number of carbonyl (C=O) groups excluding carboxylic acids is 1. The Balaban J connectivity index is 1.77. The summed E-state index contributed by atoms with van der Waals surface area (Å²) in [7, 11) is 0. The molecular weight excluding hydrogens is 212 g/mol. The molecule has 0 spiro atoms. The summed E-state index contributed by atoms with van der Waals surface area (Å²) in [5.41, 5.74) is 1.16. The van der Waals surface area contributed by atoms with Gasteiger partial charge in [0.05, 0.1) is 6.61 Å². The fraction of sp³-hybridized carbons (Fsp3) is 0.133. The predicted octanol–water partition coefficient (Wildman–Crippen LogP) is 2.78. The lowest BCUT2D eigenvalue weighted by atomic mass is 10.2. The van der Waals surface area contributed by atoms with Crippen molar-refractivity contribution in [3.63, 3.8) is 0 Å². The van der Waals surface area contributed by atoms with Gasteiger partial charge >= 0.3 is 0 Å². The molecular formula is C15H14O2. The molecule has 2 nitrogen and oxygen atoms in total. The van der Waals surface area contributed by atoms with Crippen molar-refractivity contribution in [3.8, 4) is 0 Å². The molecule has 1 heterocycles. The first-order valence-corrected chi connectivity index (χ1v) is 5.58. The quantitative estimate of drug-likeness (QED) is 0.439. The summed E-state index contributed by atoms with van der Waals surface area (Å²) >= 11 is 0. The van der Waals surface area contributed by atoms with E-state index in [0.29, 0.717) is 6.61 Å². The fourth-order valence-corrected chi connectivity index (χ4v) is 1.33. The van der Waals surface area contributed by atoms with Gasteiger partial charge in [0.2, 0.25) is 0 Å². The molecule has 86 valence electrons. The van der Waals surface area contributed by atoms with Crippen LogP contribution in [0.3, 0.4) is 0 Å². The van der Waals surface area contributed by atoms with Crippen molar-refractivity contribution in [2.45, 2.75) is 6.10 Å². The third kappa shape index (κ3) is 4.21. The van der Waals surface area contributed by atoms with Crippen molar-refractivity contribution in [1.29, 1.82) is 0 Å². The van der Waals surface area contributed by atoms with Gasteiger partial charge < -0.3 is 4.74 Å². The summed E-state index contributed by atoms with van der Waals surface area (Å²) in [5, 5.41) is 0. The van der Waals surface area contributed by atoms with E-state index in [0.717, 1.165) is 5.56 Å². The Morgan fingerprint density at radius 1 is 1.12 bits per heavy atom. The molecule has 0 saturated carbocycles. The summed E-state index contributed by atoms with van der Waals surface area (Å²) in [6.45, 7) is 0.570. The lowest BCUT2D eigenvalue weighted by Gasteiger charge is -1.88. The molecule has 0 amide bonds. The van der Waals surface area contributed by atoms with Gasteiger partial charge in [-0.15, -0.1) is 0 Å². The topological polar surface area (TPSA) is 29.6 Å². The van der Waals surface area contributed by atoms with Gasteiger partial charge in [-0.05, 0) is 11.6 Å². The van der Waals surface area contributed by atoms with Crippen LogP contribution in [0.15, 0.2) is 60.7 Å². The van der Waals surface area contributed by atoms with E-state index in [-0.39, 0.29) is 11.9 Å². The van der Waals surface area contributed by atoms with Gasteiger partial charge in [0.25, 0.3) is 0 Å². The van der Waals surface area contributed by atoms with Crippen molar-refractivity contribution >= 4 is 11.9 Å². The molecule has 1 aromatic carbocycles. The first kappa shape index (κ1) is 11.6. The molecule has 1 unspecified atom stereocenters. The lowest BCUT2D eigenvalue weighted by Crippen LogP contribution is -2.00. The van der Waals surface area contributed by atoms with Crippen LogP contribution in [0, 0.1) is 0 Å². The van der Waals surface area contributed by atoms with Gasteiger partial charge in [0.1, 0.15) is 6.10 Å². The van der Waals surface area contributed by atoms with Crippen LogP contribution in [-0.2, 0) is 9.53 Å². The Bertz CT molecular complexity index is 451. The molecule has 1 aliphatic heterocycles. The molecule has 0 bridgehead atoms. The largest absolute Gasteiger partial charge is 0.364 e. The maximum atomic E-state index is 11.2. The van der Waals surface area contributed by atoms with Gasteiger partial charge in [0.15, 0.2) is 5.78 Å². The number of allylic oxidation sites excluding steroid dienone is 4. The van der Waals surface area contributed by atoms with Crippen LogP contribution in [-0.4, -0.2) is 18.5 Å². The maximum absolute atomic E-state index is 11.2. The zero-order chi connectivity index (χ0) is 11.9. The van der Waals surface area contributed by atoms with Crippen LogP contribution in [0.2, 0.25) is 0 Å². The highest BCUT2D eigenvalue weighted by Gasteiger charge is 2.28. The second kappa shape index (κ2) is 5.97. The van der Waals surface area contributed by atoms with Crippen LogP contribution in [0.1, 0.15) is 5.56 Å². The minimum atomic E-state index is -0.181. The molecule has 1 aromatic rings. The Morgan fingerprint density at radius 2 is 1.82 bits per heavy atom. The average Bonchev–Trinajstić information content (AvgIpc) is 3.19. The van der Waals surface area contributed by atoms with Crippen LogP contribution in [0.25, 0.3) is 6.08 Å². The zero-order valence-electron chi connectivity index (χ0n) is 9.45. The third-order valence-corrected chi connectivity index (χ3v) is 2.33. The highest BCUT2D eigenvalue weighted by Crippen LogP contribution is 2.10. The number of ketones is 1. The molecule has 2 heteroatoms. The molecule has 0 N–H and O–H groups in total. The van der Waals surface area contributed by atoms with E-state index in [2.05, 4.69) is 0 Å². The van der Waals surface area contributed by atoms with Crippen LogP contribution < -0.4 is 0 Å². The highest BCUT2D eigenvalue weighted by molar-refractivity contribution is 5.95. The van der Waals surface area contributed by atoms with Crippen LogP contribution in [0.4, 0.5) is 0 Å².